The number of hydrogen-bond donors (Lipinski definition) is 2. The van der Waals surface area contributed by atoms with Crippen molar-refractivity contribution in [1.29, 1.82) is 0 Å². The molecule has 3 N–H and O–H groups in total. The summed E-state index contributed by atoms with van der Waals surface area (Å²) < 4.78 is 40.6. The van der Waals surface area contributed by atoms with Gasteiger partial charge in [0.1, 0.15) is 0 Å². The Morgan fingerprint density at radius 1 is 1.38 bits per heavy atom. The lowest BCUT2D eigenvalue weighted by molar-refractivity contribution is -0.138. The predicted octanol–water partition coefficient (Wildman–Crippen LogP) is 3.24. The van der Waals surface area contributed by atoms with Gasteiger partial charge in [0.05, 0.1) is 17.3 Å². The van der Waals surface area contributed by atoms with Crippen molar-refractivity contribution < 1.29 is 13.2 Å². The fraction of sp³-hybridized carbons (Fsp3) is 0.308. The third-order valence-corrected chi connectivity index (χ3v) is 3.83. The van der Waals surface area contributed by atoms with E-state index in [-0.39, 0.29) is 4.47 Å². The van der Waals surface area contributed by atoms with Gasteiger partial charge < -0.3 is 0 Å². The molecule has 1 heterocycles. The van der Waals surface area contributed by atoms with Gasteiger partial charge >= 0.3 is 6.18 Å². The van der Waals surface area contributed by atoms with E-state index in [0.29, 0.717) is 17.8 Å². The summed E-state index contributed by atoms with van der Waals surface area (Å²) >= 11 is 2.92. The van der Waals surface area contributed by atoms with E-state index in [9.17, 15) is 13.2 Å². The number of aromatic nitrogens is 2. The summed E-state index contributed by atoms with van der Waals surface area (Å²) in [5, 5.41) is 4.11. The zero-order valence-electron chi connectivity index (χ0n) is 11.2. The average Bonchev–Trinajstić information content (AvgIpc) is 2.88. The summed E-state index contributed by atoms with van der Waals surface area (Å²) in [6.45, 7) is 2.50. The lowest BCUT2D eigenvalue weighted by atomic mass is 10.0. The van der Waals surface area contributed by atoms with Crippen LogP contribution in [0.2, 0.25) is 0 Å². The number of hydrazine groups is 1. The van der Waals surface area contributed by atoms with E-state index in [2.05, 4.69) is 26.5 Å². The molecule has 1 unspecified atom stereocenters. The Kier molecular flexibility index (Phi) is 4.70. The summed E-state index contributed by atoms with van der Waals surface area (Å²) in [5.74, 6) is 5.53. The minimum Gasteiger partial charge on any atom is -0.271 e. The van der Waals surface area contributed by atoms with Crippen LogP contribution in [-0.4, -0.2) is 9.78 Å². The Hall–Kier alpha value is -1.38. The van der Waals surface area contributed by atoms with Crippen molar-refractivity contribution in [3.63, 3.8) is 0 Å². The molecule has 0 aliphatic heterocycles. The first-order chi connectivity index (χ1) is 9.88. The molecule has 0 saturated carbocycles. The van der Waals surface area contributed by atoms with E-state index in [0.717, 1.165) is 6.07 Å². The van der Waals surface area contributed by atoms with Gasteiger partial charge in [-0.25, -0.2) is 5.43 Å². The summed E-state index contributed by atoms with van der Waals surface area (Å²) in [7, 11) is 0. The van der Waals surface area contributed by atoms with Gasteiger partial charge in [-0.3, -0.25) is 10.5 Å². The third kappa shape index (κ3) is 3.28. The maximum absolute atomic E-state index is 13.0. The van der Waals surface area contributed by atoms with Crippen LogP contribution in [0, 0.1) is 0 Å². The van der Waals surface area contributed by atoms with E-state index >= 15 is 0 Å². The molecule has 114 valence electrons. The van der Waals surface area contributed by atoms with Gasteiger partial charge in [-0.05, 0) is 30.7 Å². The minimum absolute atomic E-state index is 0.00137. The van der Waals surface area contributed by atoms with E-state index < -0.39 is 17.8 Å². The van der Waals surface area contributed by atoms with E-state index in [1.807, 2.05) is 6.92 Å². The molecule has 2 aromatic rings. The minimum atomic E-state index is -4.43. The predicted molar refractivity (Wildman–Crippen MR) is 76.2 cm³/mol. The molecule has 0 aliphatic carbocycles. The van der Waals surface area contributed by atoms with Crippen molar-refractivity contribution in [2.24, 2.45) is 5.84 Å². The van der Waals surface area contributed by atoms with Crippen LogP contribution in [-0.2, 0) is 12.7 Å². The molecule has 1 atom stereocenters. The zero-order valence-corrected chi connectivity index (χ0v) is 12.7. The van der Waals surface area contributed by atoms with Gasteiger partial charge in [0, 0.05) is 17.2 Å². The van der Waals surface area contributed by atoms with Crippen LogP contribution >= 0.6 is 15.9 Å². The van der Waals surface area contributed by atoms with Crippen molar-refractivity contribution in [3.8, 4) is 0 Å². The molecule has 0 fully saturated rings. The number of hydrogen-bond acceptors (Lipinski definition) is 3. The first kappa shape index (κ1) is 16.0. The van der Waals surface area contributed by atoms with Crippen LogP contribution in [0.5, 0.6) is 0 Å². The smallest absolute Gasteiger partial charge is 0.271 e. The highest BCUT2D eigenvalue weighted by atomic mass is 79.9. The highest BCUT2D eigenvalue weighted by Crippen LogP contribution is 2.37. The van der Waals surface area contributed by atoms with Gasteiger partial charge in [0.15, 0.2) is 0 Å². The number of rotatable bonds is 4. The number of benzene rings is 1. The molecule has 0 bridgehead atoms. The van der Waals surface area contributed by atoms with Gasteiger partial charge in [-0.15, -0.1) is 0 Å². The van der Waals surface area contributed by atoms with Gasteiger partial charge in [0.2, 0.25) is 0 Å². The average molecular weight is 363 g/mol. The SMILES string of the molecule is CCn1nccc1C(NN)c1ccc(Br)c(C(F)(F)F)c1. The molecule has 1 aromatic carbocycles. The van der Waals surface area contributed by atoms with Crippen LogP contribution < -0.4 is 11.3 Å². The second-order valence-electron chi connectivity index (χ2n) is 4.41. The molecule has 0 saturated heterocycles. The summed E-state index contributed by atoms with van der Waals surface area (Å²) in [6, 6.07) is 5.21. The Morgan fingerprint density at radius 2 is 2.10 bits per heavy atom. The number of nitrogens with one attached hydrogen (secondary N) is 1. The van der Waals surface area contributed by atoms with Gasteiger partial charge in [-0.1, -0.05) is 22.0 Å². The lowest BCUT2D eigenvalue weighted by Gasteiger charge is -2.19. The highest BCUT2D eigenvalue weighted by Gasteiger charge is 2.34. The normalized spacial score (nSPS) is 13.4. The standard InChI is InChI=1S/C13H14BrF3N4/c1-2-21-11(5-6-19-21)12(20-18)8-3-4-10(14)9(7-8)13(15,16)17/h3-7,12,20H,2,18H2,1H3. The van der Waals surface area contributed by atoms with Gasteiger partial charge in [-0.2, -0.15) is 18.3 Å². The second kappa shape index (κ2) is 6.17. The van der Waals surface area contributed by atoms with E-state index in [4.69, 9.17) is 5.84 Å². The number of alkyl halides is 3. The third-order valence-electron chi connectivity index (χ3n) is 3.14. The van der Waals surface area contributed by atoms with Gasteiger partial charge in [0.25, 0.3) is 0 Å². The molecule has 21 heavy (non-hydrogen) atoms. The lowest BCUT2D eigenvalue weighted by Crippen LogP contribution is -2.31. The first-order valence-corrected chi connectivity index (χ1v) is 7.02. The number of halogens is 4. The van der Waals surface area contributed by atoms with Crippen LogP contribution in [0.3, 0.4) is 0 Å². The van der Waals surface area contributed by atoms with Crippen LogP contribution in [0.15, 0.2) is 34.9 Å². The quantitative estimate of drug-likeness (QED) is 0.648. The summed E-state index contributed by atoms with van der Waals surface area (Å²) in [4.78, 5) is 0. The van der Waals surface area contributed by atoms with Crippen LogP contribution in [0.4, 0.5) is 13.2 Å². The van der Waals surface area contributed by atoms with Crippen LogP contribution in [0.1, 0.15) is 29.8 Å². The molecular formula is C13H14BrF3N4. The zero-order chi connectivity index (χ0) is 15.6. The Morgan fingerprint density at radius 3 is 2.67 bits per heavy atom. The molecule has 0 radical (unpaired) electrons. The van der Waals surface area contributed by atoms with Crippen molar-refractivity contribution in [2.75, 3.05) is 0 Å². The number of nitrogens with two attached hydrogens (primary N) is 1. The molecule has 1 aromatic heterocycles. The Bertz CT molecular complexity index is 624. The van der Waals surface area contributed by atoms with Crippen molar-refractivity contribution in [3.05, 3.63) is 51.8 Å². The Labute approximate surface area is 128 Å². The fourth-order valence-corrected chi connectivity index (χ4v) is 2.62. The Balaban J connectivity index is 2.49. The largest absolute Gasteiger partial charge is 0.417 e. The van der Waals surface area contributed by atoms with E-state index in [1.165, 1.54) is 6.07 Å². The molecule has 0 amide bonds. The van der Waals surface area contributed by atoms with E-state index in [1.54, 1.807) is 23.0 Å². The molecule has 0 aliphatic rings. The molecular weight excluding hydrogens is 349 g/mol. The molecule has 2 rings (SSSR count). The number of nitrogens with zero attached hydrogens (tertiary/aromatic N) is 2. The van der Waals surface area contributed by atoms with Crippen molar-refractivity contribution in [2.45, 2.75) is 25.7 Å². The topological polar surface area (TPSA) is 55.9 Å². The second-order valence-corrected chi connectivity index (χ2v) is 5.26. The fourth-order valence-electron chi connectivity index (χ4n) is 2.14. The van der Waals surface area contributed by atoms with Crippen molar-refractivity contribution in [1.82, 2.24) is 15.2 Å². The maximum atomic E-state index is 13.0. The monoisotopic (exact) mass is 362 g/mol. The molecule has 8 heteroatoms. The molecule has 0 spiro atoms. The van der Waals surface area contributed by atoms with Crippen molar-refractivity contribution >= 4 is 15.9 Å². The molecule has 4 nitrogen and oxygen atoms in total. The van der Waals surface area contributed by atoms with Crippen LogP contribution in [0.25, 0.3) is 0 Å². The number of aryl methyl sites for hydroxylation is 1. The highest BCUT2D eigenvalue weighted by molar-refractivity contribution is 9.10. The summed E-state index contributed by atoms with van der Waals surface area (Å²) in [5.41, 5.74) is 2.94. The first-order valence-electron chi connectivity index (χ1n) is 6.23. The summed E-state index contributed by atoms with van der Waals surface area (Å²) in [6.07, 6.45) is -2.84. The maximum Gasteiger partial charge on any atom is 0.417 e.